The molecule has 1 aliphatic heterocycles. The van der Waals surface area contributed by atoms with E-state index < -0.39 is 0 Å². The molecule has 0 saturated carbocycles. The van der Waals surface area contributed by atoms with Crippen LogP contribution in [0.2, 0.25) is 0 Å². The van der Waals surface area contributed by atoms with Crippen molar-refractivity contribution in [3.8, 4) is 0 Å². The fourth-order valence-corrected chi connectivity index (χ4v) is 3.13. The highest BCUT2D eigenvalue weighted by Crippen LogP contribution is 2.25. The van der Waals surface area contributed by atoms with Crippen LogP contribution in [0.1, 0.15) is 41.2 Å². The van der Waals surface area contributed by atoms with Gasteiger partial charge < -0.3 is 4.74 Å². The van der Waals surface area contributed by atoms with Gasteiger partial charge in [0.05, 0.1) is 11.6 Å². The van der Waals surface area contributed by atoms with E-state index in [-0.39, 0.29) is 12.0 Å². The topological polar surface area (TPSA) is 29.5 Å². The largest absolute Gasteiger partial charge is 0.460 e. The van der Waals surface area contributed by atoms with Crippen molar-refractivity contribution in [1.29, 1.82) is 0 Å². The van der Waals surface area contributed by atoms with Gasteiger partial charge in [0.15, 0.2) is 0 Å². The van der Waals surface area contributed by atoms with E-state index in [0.717, 1.165) is 13.1 Å². The monoisotopic (exact) mass is 309 g/mol. The number of ether oxygens (including phenoxy) is 1. The molecular weight excluding hydrogens is 286 g/mol. The predicted octanol–water partition coefficient (Wildman–Crippen LogP) is 4.07. The number of hydrogen-bond acceptors (Lipinski definition) is 3. The molecule has 1 aliphatic rings. The molecule has 23 heavy (non-hydrogen) atoms. The fourth-order valence-electron chi connectivity index (χ4n) is 3.13. The van der Waals surface area contributed by atoms with Gasteiger partial charge in [-0.25, -0.2) is 4.79 Å². The number of nitrogens with zero attached hydrogens (tertiary/aromatic N) is 1. The van der Waals surface area contributed by atoms with E-state index in [1.54, 1.807) is 12.1 Å². The predicted molar refractivity (Wildman–Crippen MR) is 91.3 cm³/mol. The van der Waals surface area contributed by atoms with Crippen LogP contribution in [0.25, 0.3) is 0 Å². The van der Waals surface area contributed by atoms with E-state index in [1.807, 2.05) is 36.4 Å². The molecule has 1 unspecified atom stereocenters. The van der Waals surface area contributed by atoms with Crippen LogP contribution in [0.4, 0.5) is 0 Å². The Morgan fingerprint density at radius 3 is 2.17 bits per heavy atom. The van der Waals surface area contributed by atoms with E-state index >= 15 is 0 Å². The molecule has 0 radical (unpaired) electrons. The fraction of sp³-hybridized carbons (Fsp3) is 0.350. The SMILES string of the molecule is O=C(OCC(c1ccccc1)N1CCCCC1)c1ccccc1. The molecule has 0 bridgehead atoms. The Labute approximate surface area is 137 Å². The number of hydrogen-bond donors (Lipinski definition) is 0. The molecule has 3 rings (SSSR count). The van der Waals surface area contributed by atoms with Gasteiger partial charge in [0.25, 0.3) is 0 Å². The minimum absolute atomic E-state index is 0.143. The number of esters is 1. The van der Waals surface area contributed by atoms with Crippen LogP contribution in [-0.4, -0.2) is 30.6 Å². The standard InChI is InChI=1S/C20H23NO2/c22-20(18-12-6-2-7-13-18)23-16-19(17-10-4-1-5-11-17)21-14-8-3-9-15-21/h1-2,4-7,10-13,19H,3,8-9,14-16H2. The summed E-state index contributed by atoms with van der Waals surface area (Å²) in [4.78, 5) is 14.7. The number of likely N-dealkylation sites (tertiary alicyclic amines) is 1. The molecule has 0 aromatic heterocycles. The Bertz CT molecular complexity index is 606. The quantitative estimate of drug-likeness (QED) is 0.780. The molecule has 120 valence electrons. The summed E-state index contributed by atoms with van der Waals surface area (Å²) in [5, 5.41) is 0. The lowest BCUT2D eigenvalue weighted by Crippen LogP contribution is -2.36. The summed E-state index contributed by atoms with van der Waals surface area (Å²) in [7, 11) is 0. The van der Waals surface area contributed by atoms with E-state index in [0.29, 0.717) is 12.2 Å². The zero-order valence-corrected chi connectivity index (χ0v) is 13.4. The third kappa shape index (κ3) is 4.20. The molecule has 1 atom stereocenters. The highest BCUT2D eigenvalue weighted by molar-refractivity contribution is 5.89. The molecule has 0 N–H and O–H groups in total. The van der Waals surface area contributed by atoms with Gasteiger partial charge in [-0.2, -0.15) is 0 Å². The first-order chi connectivity index (χ1) is 11.3. The molecule has 1 fully saturated rings. The molecule has 3 heteroatoms. The Balaban J connectivity index is 1.70. The van der Waals surface area contributed by atoms with Crippen LogP contribution in [0.3, 0.4) is 0 Å². The van der Waals surface area contributed by atoms with Crippen molar-refractivity contribution in [3.05, 3.63) is 71.8 Å². The second-order valence-electron chi connectivity index (χ2n) is 5.99. The molecule has 0 aliphatic carbocycles. The zero-order chi connectivity index (χ0) is 15.9. The number of carbonyl (C=O) groups is 1. The van der Waals surface area contributed by atoms with Crippen LogP contribution in [0.5, 0.6) is 0 Å². The number of rotatable bonds is 5. The second kappa shape index (κ2) is 7.93. The van der Waals surface area contributed by atoms with Crippen LogP contribution in [0.15, 0.2) is 60.7 Å². The van der Waals surface area contributed by atoms with E-state index in [1.165, 1.54) is 24.8 Å². The molecule has 1 saturated heterocycles. The summed E-state index contributed by atoms with van der Waals surface area (Å²) < 4.78 is 5.62. The minimum Gasteiger partial charge on any atom is -0.460 e. The van der Waals surface area contributed by atoms with Crippen LogP contribution in [-0.2, 0) is 4.74 Å². The van der Waals surface area contributed by atoms with E-state index in [2.05, 4.69) is 17.0 Å². The van der Waals surface area contributed by atoms with Gasteiger partial charge in [0.2, 0.25) is 0 Å². The molecule has 2 aromatic carbocycles. The smallest absolute Gasteiger partial charge is 0.338 e. The summed E-state index contributed by atoms with van der Waals surface area (Å²) in [6, 6.07) is 19.7. The lowest BCUT2D eigenvalue weighted by molar-refractivity contribution is 0.0317. The Morgan fingerprint density at radius 2 is 1.52 bits per heavy atom. The van der Waals surface area contributed by atoms with Gasteiger partial charge in [0, 0.05) is 0 Å². The number of carbonyl (C=O) groups excluding carboxylic acids is 1. The summed E-state index contributed by atoms with van der Waals surface area (Å²) in [6.07, 6.45) is 3.73. The lowest BCUT2D eigenvalue weighted by atomic mass is 10.0. The second-order valence-corrected chi connectivity index (χ2v) is 5.99. The first-order valence-electron chi connectivity index (χ1n) is 8.36. The lowest BCUT2D eigenvalue weighted by Gasteiger charge is -2.34. The molecule has 2 aromatic rings. The van der Waals surface area contributed by atoms with Crippen molar-refractivity contribution < 1.29 is 9.53 Å². The average Bonchev–Trinajstić information content (AvgIpc) is 2.64. The van der Waals surface area contributed by atoms with E-state index in [9.17, 15) is 4.79 Å². The van der Waals surface area contributed by atoms with Gasteiger partial charge in [-0.1, -0.05) is 55.0 Å². The van der Waals surface area contributed by atoms with Gasteiger partial charge >= 0.3 is 5.97 Å². The van der Waals surface area contributed by atoms with Crippen LogP contribution in [0, 0.1) is 0 Å². The first kappa shape index (κ1) is 15.8. The number of piperidine rings is 1. The Morgan fingerprint density at radius 1 is 0.913 bits per heavy atom. The highest BCUT2D eigenvalue weighted by Gasteiger charge is 2.23. The minimum atomic E-state index is -0.247. The van der Waals surface area contributed by atoms with Crippen molar-refractivity contribution in [2.75, 3.05) is 19.7 Å². The number of benzene rings is 2. The maximum absolute atomic E-state index is 12.2. The maximum Gasteiger partial charge on any atom is 0.338 e. The normalized spacial score (nSPS) is 16.7. The van der Waals surface area contributed by atoms with Crippen molar-refractivity contribution in [1.82, 2.24) is 4.90 Å². The summed E-state index contributed by atoms with van der Waals surface area (Å²) in [5.74, 6) is -0.247. The molecule has 3 nitrogen and oxygen atoms in total. The average molecular weight is 309 g/mol. The molecule has 0 spiro atoms. The molecular formula is C20H23NO2. The summed E-state index contributed by atoms with van der Waals surface area (Å²) in [6.45, 7) is 2.54. The van der Waals surface area contributed by atoms with Gasteiger partial charge in [-0.3, -0.25) is 4.90 Å². The Hall–Kier alpha value is -2.13. The van der Waals surface area contributed by atoms with Crippen LogP contribution >= 0.6 is 0 Å². The van der Waals surface area contributed by atoms with Gasteiger partial charge in [-0.05, 0) is 43.6 Å². The highest BCUT2D eigenvalue weighted by atomic mass is 16.5. The third-order valence-electron chi connectivity index (χ3n) is 4.40. The first-order valence-corrected chi connectivity index (χ1v) is 8.36. The third-order valence-corrected chi connectivity index (χ3v) is 4.40. The maximum atomic E-state index is 12.2. The summed E-state index contributed by atoms with van der Waals surface area (Å²) in [5.41, 5.74) is 1.83. The van der Waals surface area contributed by atoms with Crippen LogP contribution < -0.4 is 0 Å². The van der Waals surface area contributed by atoms with Crippen molar-refractivity contribution in [2.24, 2.45) is 0 Å². The van der Waals surface area contributed by atoms with Crippen molar-refractivity contribution >= 4 is 5.97 Å². The van der Waals surface area contributed by atoms with Crippen molar-refractivity contribution in [3.63, 3.8) is 0 Å². The molecule has 1 heterocycles. The summed E-state index contributed by atoms with van der Waals surface area (Å²) >= 11 is 0. The Kier molecular flexibility index (Phi) is 5.43. The zero-order valence-electron chi connectivity index (χ0n) is 13.4. The van der Waals surface area contributed by atoms with Crippen molar-refractivity contribution in [2.45, 2.75) is 25.3 Å². The molecule has 0 amide bonds. The van der Waals surface area contributed by atoms with Gasteiger partial charge in [0.1, 0.15) is 6.61 Å². The van der Waals surface area contributed by atoms with E-state index in [4.69, 9.17) is 4.74 Å². The van der Waals surface area contributed by atoms with Gasteiger partial charge in [-0.15, -0.1) is 0 Å².